The number of aromatic nitrogens is 2. The number of hydrogen-bond acceptors (Lipinski definition) is 4. The maximum absolute atomic E-state index is 11.8. The highest BCUT2D eigenvalue weighted by Crippen LogP contribution is 2.24. The molecule has 0 fully saturated rings. The Bertz CT molecular complexity index is 529. The molecule has 2 aromatic rings. The van der Waals surface area contributed by atoms with E-state index in [9.17, 15) is 4.79 Å². The number of rotatable bonds is 2. The Labute approximate surface area is 112 Å². The van der Waals surface area contributed by atoms with Gasteiger partial charge in [-0.15, -0.1) is 0 Å². The fourth-order valence-electron chi connectivity index (χ4n) is 1.02. The van der Waals surface area contributed by atoms with Gasteiger partial charge in [0.15, 0.2) is 5.13 Å². The second kappa shape index (κ2) is 5.03. The van der Waals surface area contributed by atoms with Gasteiger partial charge in [0.25, 0.3) is 5.91 Å². The normalized spacial score (nSPS) is 10.1. The molecule has 1 N–H and O–H groups in total. The van der Waals surface area contributed by atoms with Crippen LogP contribution in [0.2, 0.25) is 0 Å². The molecule has 0 radical (unpaired) electrons. The second-order valence-electron chi connectivity index (χ2n) is 2.76. The average Bonchev–Trinajstić information content (AvgIpc) is 2.64. The molecule has 0 spiro atoms. The van der Waals surface area contributed by atoms with E-state index < -0.39 is 0 Å². The third-order valence-electron chi connectivity index (χ3n) is 1.67. The van der Waals surface area contributed by atoms with Gasteiger partial charge in [0, 0.05) is 10.7 Å². The summed E-state index contributed by atoms with van der Waals surface area (Å²) < 4.78 is 1.52. The third kappa shape index (κ3) is 2.66. The Morgan fingerprint density at radius 2 is 2.19 bits per heavy atom. The number of halogens is 2. The van der Waals surface area contributed by atoms with E-state index in [-0.39, 0.29) is 5.91 Å². The van der Waals surface area contributed by atoms with Crippen molar-refractivity contribution < 1.29 is 4.79 Å². The topological polar surface area (TPSA) is 54.9 Å². The number of pyridine rings is 1. The second-order valence-corrected chi connectivity index (χ2v) is 6.02. The quantitative estimate of drug-likeness (QED) is 0.891. The zero-order chi connectivity index (χ0) is 11.5. The minimum Gasteiger partial charge on any atom is -0.296 e. The van der Waals surface area contributed by atoms with Crippen molar-refractivity contribution in [2.75, 3.05) is 5.32 Å². The van der Waals surface area contributed by atoms with E-state index in [0.29, 0.717) is 15.3 Å². The van der Waals surface area contributed by atoms with Crippen LogP contribution in [0.5, 0.6) is 0 Å². The van der Waals surface area contributed by atoms with Crippen molar-refractivity contribution in [2.45, 2.75) is 0 Å². The maximum atomic E-state index is 11.8. The van der Waals surface area contributed by atoms with E-state index in [1.807, 2.05) is 0 Å². The Balaban J connectivity index is 2.18. The van der Waals surface area contributed by atoms with Crippen molar-refractivity contribution in [2.24, 2.45) is 0 Å². The van der Waals surface area contributed by atoms with Gasteiger partial charge >= 0.3 is 0 Å². The Kier molecular flexibility index (Phi) is 3.67. The van der Waals surface area contributed by atoms with Gasteiger partial charge in [-0.1, -0.05) is 11.3 Å². The molecule has 0 aliphatic carbocycles. The van der Waals surface area contributed by atoms with E-state index >= 15 is 0 Å². The molecular formula is C9H5Br2N3OS. The molecular weight excluding hydrogens is 358 g/mol. The summed E-state index contributed by atoms with van der Waals surface area (Å²) in [7, 11) is 0. The summed E-state index contributed by atoms with van der Waals surface area (Å²) in [6.45, 7) is 0. The molecule has 0 saturated heterocycles. The third-order valence-corrected chi connectivity index (χ3v) is 3.70. The summed E-state index contributed by atoms with van der Waals surface area (Å²) in [6, 6.07) is 3.51. The number of nitrogens with zero attached hydrogens (tertiary/aromatic N) is 2. The summed E-state index contributed by atoms with van der Waals surface area (Å²) in [4.78, 5) is 19.8. The molecule has 0 unspecified atom stereocenters. The maximum Gasteiger partial charge on any atom is 0.277 e. The fraction of sp³-hybridized carbons (Fsp3) is 0. The van der Waals surface area contributed by atoms with Crippen LogP contribution >= 0.6 is 43.2 Å². The van der Waals surface area contributed by atoms with Gasteiger partial charge in [-0.25, -0.2) is 9.97 Å². The van der Waals surface area contributed by atoms with Crippen LogP contribution in [0.1, 0.15) is 10.5 Å². The van der Waals surface area contributed by atoms with Gasteiger partial charge in [0.2, 0.25) is 0 Å². The van der Waals surface area contributed by atoms with Crippen LogP contribution in [0.4, 0.5) is 5.13 Å². The molecule has 0 aliphatic heterocycles. The lowest BCUT2D eigenvalue weighted by Crippen LogP contribution is -2.13. The van der Waals surface area contributed by atoms with Gasteiger partial charge in [0.05, 0.1) is 9.98 Å². The molecule has 0 aliphatic rings. The van der Waals surface area contributed by atoms with Gasteiger partial charge in [-0.05, 0) is 44.0 Å². The zero-order valence-electron chi connectivity index (χ0n) is 7.78. The molecule has 1 amide bonds. The first-order chi connectivity index (χ1) is 7.66. The molecule has 0 bridgehead atoms. The van der Waals surface area contributed by atoms with Gasteiger partial charge < -0.3 is 0 Å². The number of carbonyl (C=O) groups is 1. The number of anilines is 1. The van der Waals surface area contributed by atoms with Crippen LogP contribution in [0.3, 0.4) is 0 Å². The van der Waals surface area contributed by atoms with E-state index in [2.05, 4.69) is 47.1 Å². The smallest absolute Gasteiger partial charge is 0.277 e. The highest BCUT2D eigenvalue weighted by molar-refractivity contribution is 9.11. The van der Waals surface area contributed by atoms with Crippen LogP contribution in [-0.2, 0) is 0 Å². The lowest BCUT2D eigenvalue weighted by molar-refractivity contribution is 0.102. The van der Waals surface area contributed by atoms with Crippen LogP contribution in [0.15, 0.2) is 32.8 Å². The predicted octanol–water partition coefficient (Wildman–Crippen LogP) is 3.32. The van der Waals surface area contributed by atoms with Crippen LogP contribution in [0, 0.1) is 0 Å². The molecule has 7 heteroatoms. The first-order valence-corrected chi connectivity index (χ1v) is 6.60. The highest BCUT2D eigenvalue weighted by atomic mass is 79.9. The fourth-order valence-corrected chi connectivity index (χ4v) is 2.56. The summed E-state index contributed by atoms with van der Waals surface area (Å²) in [6.07, 6.45) is 3.20. The molecule has 0 atom stereocenters. The molecule has 0 saturated carbocycles. The Morgan fingerprint density at radius 3 is 2.81 bits per heavy atom. The lowest BCUT2D eigenvalue weighted by atomic mass is 10.3. The standard InChI is InChI=1S/C9H5Br2N3OS/c10-5-2-1-3-12-7(5)8(15)14-9-13-4-6(11)16-9/h1-4H,(H,13,14,15). The van der Waals surface area contributed by atoms with Crippen molar-refractivity contribution in [3.05, 3.63) is 38.5 Å². The molecule has 2 rings (SSSR count). The van der Waals surface area contributed by atoms with Crippen molar-refractivity contribution in [1.29, 1.82) is 0 Å². The molecule has 0 aromatic carbocycles. The average molecular weight is 363 g/mol. The SMILES string of the molecule is O=C(Nc1ncc(Br)s1)c1ncccc1Br. The number of thiazole rings is 1. The van der Waals surface area contributed by atoms with Gasteiger partial charge in [0.1, 0.15) is 5.69 Å². The summed E-state index contributed by atoms with van der Waals surface area (Å²) in [5.41, 5.74) is 0.342. The highest BCUT2D eigenvalue weighted by Gasteiger charge is 2.12. The lowest BCUT2D eigenvalue weighted by Gasteiger charge is -2.01. The van der Waals surface area contributed by atoms with Crippen LogP contribution in [-0.4, -0.2) is 15.9 Å². The zero-order valence-corrected chi connectivity index (χ0v) is 11.8. The summed E-state index contributed by atoms with van der Waals surface area (Å²) >= 11 is 7.89. The summed E-state index contributed by atoms with van der Waals surface area (Å²) in [5.74, 6) is -0.283. The summed E-state index contributed by atoms with van der Waals surface area (Å²) in [5, 5.41) is 3.20. The molecule has 82 valence electrons. The molecule has 4 nitrogen and oxygen atoms in total. The minimum absolute atomic E-state index is 0.283. The first-order valence-electron chi connectivity index (χ1n) is 4.20. The molecule has 2 heterocycles. The minimum atomic E-state index is -0.283. The van der Waals surface area contributed by atoms with Gasteiger partial charge in [-0.3, -0.25) is 10.1 Å². The van der Waals surface area contributed by atoms with E-state index in [0.717, 1.165) is 3.79 Å². The van der Waals surface area contributed by atoms with E-state index in [1.165, 1.54) is 11.3 Å². The van der Waals surface area contributed by atoms with E-state index in [1.54, 1.807) is 24.5 Å². The van der Waals surface area contributed by atoms with Crippen molar-refractivity contribution >= 4 is 54.2 Å². The molecule has 16 heavy (non-hydrogen) atoms. The Morgan fingerprint density at radius 1 is 1.38 bits per heavy atom. The number of carbonyl (C=O) groups excluding carboxylic acids is 1. The van der Waals surface area contributed by atoms with Crippen LogP contribution in [0.25, 0.3) is 0 Å². The first kappa shape index (κ1) is 11.7. The monoisotopic (exact) mass is 361 g/mol. The number of amides is 1. The van der Waals surface area contributed by atoms with Crippen molar-refractivity contribution in [1.82, 2.24) is 9.97 Å². The number of nitrogens with one attached hydrogen (secondary N) is 1. The van der Waals surface area contributed by atoms with Crippen molar-refractivity contribution in [3.63, 3.8) is 0 Å². The van der Waals surface area contributed by atoms with Gasteiger partial charge in [-0.2, -0.15) is 0 Å². The number of hydrogen-bond donors (Lipinski definition) is 1. The van der Waals surface area contributed by atoms with Crippen LogP contribution < -0.4 is 5.32 Å². The Hall–Kier alpha value is -0.790. The molecule has 2 aromatic heterocycles. The van der Waals surface area contributed by atoms with E-state index in [4.69, 9.17) is 0 Å². The predicted molar refractivity (Wildman–Crippen MR) is 69.7 cm³/mol. The van der Waals surface area contributed by atoms with Crippen molar-refractivity contribution in [3.8, 4) is 0 Å². The largest absolute Gasteiger partial charge is 0.296 e.